The number of rotatable bonds is 7. The minimum absolute atomic E-state index is 0.0207. The maximum Gasteiger partial charge on any atom is 0.410 e. The topological polar surface area (TPSA) is 145 Å². The van der Waals surface area contributed by atoms with Gasteiger partial charge in [0.1, 0.15) is 22.8 Å². The lowest BCUT2D eigenvalue weighted by Gasteiger charge is -2.35. The van der Waals surface area contributed by atoms with Crippen LogP contribution in [-0.4, -0.2) is 74.3 Å². The maximum atomic E-state index is 13.1. The van der Waals surface area contributed by atoms with Crippen LogP contribution in [0, 0.1) is 6.92 Å². The normalized spacial score (nSPS) is 13.9. The first-order valence-electron chi connectivity index (χ1n) is 14.5. The molecule has 0 saturated carbocycles. The number of anilines is 1. The van der Waals surface area contributed by atoms with E-state index in [4.69, 9.17) is 14.9 Å². The predicted molar refractivity (Wildman–Crippen MR) is 167 cm³/mol. The summed E-state index contributed by atoms with van der Waals surface area (Å²) in [5.41, 5.74) is 8.67. The fraction of sp³-hybridized carbons (Fsp3) is 0.333. The Morgan fingerprint density at radius 3 is 2.34 bits per heavy atom. The van der Waals surface area contributed by atoms with E-state index in [1.807, 2.05) is 45.9 Å². The smallest absolute Gasteiger partial charge is 0.410 e. The Bertz CT molecular complexity index is 1700. The number of hydrogen-bond donors (Lipinski definition) is 1. The first-order valence-corrected chi connectivity index (χ1v) is 14.5. The van der Waals surface area contributed by atoms with Crippen molar-refractivity contribution < 1.29 is 23.5 Å². The van der Waals surface area contributed by atoms with Crippen LogP contribution in [0.4, 0.5) is 10.6 Å². The number of nitrogen functional groups attached to an aromatic ring is 1. The van der Waals surface area contributed by atoms with Crippen molar-refractivity contribution in [2.75, 3.05) is 31.9 Å². The van der Waals surface area contributed by atoms with Crippen LogP contribution in [0.2, 0.25) is 0 Å². The first kappa shape index (κ1) is 30.4. The van der Waals surface area contributed by atoms with Gasteiger partial charge in [0.05, 0.1) is 5.56 Å². The molecule has 1 fully saturated rings. The average molecular weight is 597 g/mol. The number of nitrogens with zero attached hydrogens (tertiary/aromatic N) is 5. The van der Waals surface area contributed by atoms with Gasteiger partial charge in [0, 0.05) is 68.6 Å². The molecular weight excluding hydrogens is 560 g/mol. The number of pyridine rings is 1. The van der Waals surface area contributed by atoms with Crippen LogP contribution in [0.1, 0.15) is 54.4 Å². The van der Waals surface area contributed by atoms with E-state index >= 15 is 0 Å². The Morgan fingerprint density at radius 1 is 0.977 bits per heavy atom. The summed E-state index contributed by atoms with van der Waals surface area (Å²) in [7, 11) is 0. The second-order valence-corrected chi connectivity index (χ2v) is 11.8. The second-order valence-electron chi connectivity index (χ2n) is 11.8. The molecule has 4 heterocycles. The minimum atomic E-state index is -0.567. The molecule has 2 amide bonds. The molecule has 5 rings (SSSR count). The highest BCUT2D eigenvalue weighted by Gasteiger charge is 2.28. The number of aromatic nitrogens is 3. The van der Waals surface area contributed by atoms with Gasteiger partial charge in [0.2, 0.25) is 0 Å². The summed E-state index contributed by atoms with van der Waals surface area (Å²) >= 11 is 0. The molecule has 228 valence electrons. The van der Waals surface area contributed by atoms with Crippen molar-refractivity contribution in [3.63, 3.8) is 0 Å². The van der Waals surface area contributed by atoms with Crippen molar-refractivity contribution in [2.24, 2.45) is 0 Å². The molecule has 1 aromatic carbocycles. The molecule has 0 radical (unpaired) electrons. The fourth-order valence-corrected chi connectivity index (χ4v) is 4.86. The van der Waals surface area contributed by atoms with E-state index in [0.717, 1.165) is 27.7 Å². The van der Waals surface area contributed by atoms with Gasteiger partial charge in [-0.25, -0.2) is 19.7 Å². The number of ether oxygens (including phenoxy) is 1. The molecule has 11 heteroatoms. The number of nitrogens with two attached hydrogens (primary N) is 1. The van der Waals surface area contributed by atoms with E-state index in [1.54, 1.807) is 34.2 Å². The SMILES string of the molecule is Cc1cc(-c2ncc(C(=O)N3CCN(C(=O)OC(C)(C)C)CC3)cn2)cc2cc(CCC(=O)/C=C/c3ccc(N)nc3)oc12. The van der Waals surface area contributed by atoms with Crippen molar-refractivity contribution >= 4 is 40.6 Å². The number of ketones is 1. The molecule has 0 unspecified atom stereocenters. The maximum absolute atomic E-state index is 13.1. The zero-order valence-electron chi connectivity index (χ0n) is 25.4. The number of aryl methyl sites for hydroxylation is 2. The Labute approximate surface area is 255 Å². The first-order chi connectivity index (χ1) is 20.9. The highest BCUT2D eigenvalue weighted by molar-refractivity contribution is 5.94. The Hall–Kier alpha value is -5.06. The highest BCUT2D eigenvalue weighted by atomic mass is 16.6. The molecular formula is C33H36N6O5. The molecule has 1 aliphatic rings. The summed E-state index contributed by atoms with van der Waals surface area (Å²) in [6, 6.07) is 9.31. The number of fused-ring (bicyclic) bond motifs is 1. The number of carbonyl (C=O) groups is 3. The van der Waals surface area contributed by atoms with Gasteiger partial charge < -0.3 is 24.7 Å². The summed E-state index contributed by atoms with van der Waals surface area (Å²) in [6.45, 7) is 9.04. The van der Waals surface area contributed by atoms with Crippen LogP contribution in [0.3, 0.4) is 0 Å². The van der Waals surface area contributed by atoms with Crippen LogP contribution in [0.25, 0.3) is 28.4 Å². The quantitative estimate of drug-likeness (QED) is 0.289. The number of amides is 2. The molecule has 1 saturated heterocycles. The van der Waals surface area contributed by atoms with Gasteiger partial charge in [-0.1, -0.05) is 0 Å². The molecule has 3 aromatic heterocycles. The Balaban J connectivity index is 1.19. The Morgan fingerprint density at radius 2 is 1.68 bits per heavy atom. The van der Waals surface area contributed by atoms with Crippen LogP contribution in [-0.2, 0) is 16.0 Å². The van der Waals surface area contributed by atoms with Crippen LogP contribution in [0.15, 0.2) is 59.4 Å². The van der Waals surface area contributed by atoms with E-state index in [-0.39, 0.29) is 17.8 Å². The van der Waals surface area contributed by atoms with Crippen molar-refractivity contribution in [2.45, 2.75) is 46.1 Å². The molecule has 0 spiro atoms. The number of hydrogen-bond acceptors (Lipinski definition) is 9. The monoisotopic (exact) mass is 596 g/mol. The average Bonchev–Trinajstić information content (AvgIpc) is 3.42. The van der Waals surface area contributed by atoms with Gasteiger partial charge in [0.15, 0.2) is 11.6 Å². The molecule has 2 N–H and O–H groups in total. The third kappa shape index (κ3) is 7.47. The molecule has 0 bridgehead atoms. The summed E-state index contributed by atoms with van der Waals surface area (Å²) in [5, 5.41) is 0.887. The van der Waals surface area contributed by atoms with E-state index in [9.17, 15) is 14.4 Å². The minimum Gasteiger partial charge on any atom is -0.461 e. The number of piperazine rings is 1. The van der Waals surface area contributed by atoms with Crippen molar-refractivity contribution in [1.29, 1.82) is 0 Å². The van der Waals surface area contributed by atoms with Crippen LogP contribution >= 0.6 is 0 Å². The van der Waals surface area contributed by atoms with Crippen molar-refractivity contribution in [3.8, 4) is 11.4 Å². The molecule has 1 aliphatic heterocycles. The van der Waals surface area contributed by atoms with Crippen LogP contribution < -0.4 is 5.73 Å². The van der Waals surface area contributed by atoms with Gasteiger partial charge in [-0.05, 0) is 81.3 Å². The third-order valence-corrected chi connectivity index (χ3v) is 7.12. The van der Waals surface area contributed by atoms with E-state index < -0.39 is 5.60 Å². The summed E-state index contributed by atoms with van der Waals surface area (Å²) in [4.78, 5) is 54.1. The molecule has 0 aliphatic carbocycles. The van der Waals surface area contributed by atoms with E-state index in [2.05, 4.69) is 15.0 Å². The van der Waals surface area contributed by atoms with Crippen LogP contribution in [0.5, 0.6) is 0 Å². The zero-order chi connectivity index (χ0) is 31.4. The lowest BCUT2D eigenvalue weighted by molar-refractivity contribution is -0.114. The fourth-order valence-electron chi connectivity index (χ4n) is 4.86. The number of carbonyl (C=O) groups excluding carboxylic acids is 3. The number of furan rings is 1. The van der Waals surface area contributed by atoms with Gasteiger partial charge in [0.25, 0.3) is 5.91 Å². The lowest BCUT2D eigenvalue weighted by Crippen LogP contribution is -2.51. The van der Waals surface area contributed by atoms with Gasteiger partial charge in [-0.2, -0.15) is 0 Å². The number of allylic oxidation sites excluding steroid dienone is 1. The van der Waals surface area contributed by atoms with Crippen molar-refractivity contribution in [1.82, 2.24) is 24.8 Å². The Kier molecular flexibility index (Phi) is 8.75. The lowest BCUT2D eigenvalue weighted by atomic mass is 10.1. The summed E-state index contributed by atoms with van der Waals surface area (Å²) < 4.78 is 11.5. The standard InChI is InChI=1S/C33H36N6O5/c1-21-15-24(16-23-17-27(43-29(21)23)9-8-26(40)7-5-22-6-10-28(34)35-18-22)30-36-19-25(20-37-30)31(41)38-11-13-39(14-12-38)32(42)44-33(2,3)4/h5-7,10,15-20H,8-9,11-14H2,1-4H3,(H2,34,35)/b7-5+. The molecule has 4 aromatic rings. The zero-order valence-corrected chi connectivity index (χ0v) is 25.4. The second kappa shape index (κ2) is 12.7. The summed E-state index contributed by atoms with van der Waals surface area (Å²) in [5.74, 6) is 1.43. The molecule has 0 atom stereocenters. The molecule has 44 heavy (non-hydrogen) atoms. The summed E-state index contributed by atoms with van der Waals surface area (Å²) in [6.07, 6.45) is 8.33. The van der Waals surface area contributed by atoms with Gasteiger partial charge in [-0.15, -0.1) is 0 Å². The number of benzene rings is 1. The van der Waals surface area contributed by atoms with Gasteiger partial charge in [-0.3, -0.25) is 9.59 Å². The van der Waals surface area contributed by atoms with Gasteiger partial charge >= 0.3 is 6.09 Å². The van der Waals surface area contributed by atoms with Crippen molar-refractivity contribution in [3.05, 3.63) is 77.4 Å². The molecule has 11 nitrogen and oxygen atoms in total. The van der Waals surface area contributed by atoms with E-state index in [1.165, 1.54) is 18.5 Å². The third-order valence-electron chi connectivity index (χ3n) is 7.12. The predicted octanol–water partition coefficient (Wildman–Crippen LogP) is 5.08. The van der Waals surface area contributed by atoms with E-state index in [0.29, 0.717) is 62.0 Å². The highest BCUT2D eigenvalue weighted by Crippen LogP contribution is 2.29. The largest absolute Gasteiger partial charge is 0.461 e.